The third-order valence-corrected chi connectivity index (χ3v) is 6.68. The summed E-state index contributed by atoms with van der Waals surface area (Å²) in [5.41, 5.74) is 3.98. The summed E-state index contributed by atoms with van der Waals surface area (Å²) in [6.07, 6.45) is 4.37. The van der Waals surface area contributed by atoms with Gasteiger partial charge in [-0.2, -0.15) is 0 Å². The van der Waals surface area contributed by atoms with Crippen LogP contribution in [0.15, 0.2) is 95.3 Å². The molecule has 0 aromatic heterocycles. The summed E-state index contributed by atoms with van der Waals surface area (Å²) in [5.74, 6) is 1.29. The zero-order valence-corrected chi connectivity index (χ0v) is 21.5. The van der Waals surface area contributed by atoms with E-state index >= 15 is 0 Å². The van der Waals surface area contributed by atoms with Crippen LogP contribution in [-0.2, 0) is 24.3 Å². The van der Waals surface area contributed by atoms with Crippen molar-refractivity contribution < 1.29 is 14.3 Å². The van der Waals surface area contributed by atoms with Crippen LogP contribution in [0.4, 0.5) is 0 Å². The lowest BCUT2D eigenvalue weighted by Gasteiger charge is -2.16. The first kappa shape index (κ1) is 25.3. The van der Waals surface area contributed by atoms with E-state index in [1.54, 1.807) is 12.0 Å². The number of benzene rings is 3. The Hall–Kier alpha value is -3.77. The number of carbonyl (C=O) groups excluding carboxylic acids is 1. The zero-order chi connectivity index (χ0) is 25.3. The highest BCUT2D eigenvalue weighted by Crippen LogP contribution is 2.38. The average molecular weight is 499 g/mol. The highest BCUT2D eigenvalue weighted by molar-refractivity contribution is 8.18. The molecular formula is C30H30N2O3S. The van der Waals surface area contributed by atoms with Gasteiger partial charge in [0, 0.05) is 5.56 Å². The summed E-state index contributed by atoms with van der Waals surface area (Å²) < 4.78 is 11.5. The van der Waals surface area contributed by atoms with Crippen molar-refractivity contribution in [2.24, 2.45) is 4.99 Å². The maximum Gasteiger partial charge on any atom is 0.267 e. The molecule has 36 heavy (non-hydrogen) atoms. The molecule has 0 atom stereocenters. The lowest BCUT2D eigenvalue weighted by molar-refractivity contribution is -0.122. The molecule has 3 aromatic carbocycles. The number of ether oxygens (including phenoxy) is 2. The van der Waals surface area contributed by atoms with Crippen LogP contribution in [0, 0.1) is 0 Å². The fraction of sp³-hybridized carbons (Fsp3) is 0.200. The topological polar surface area (TPSA) is 51.1 Å². The minimum absolute atomic E-state index is 0.0613. The van der Waals surface area contributed by atoms with E-state index in [1.165, 1.54) is 11.8 Å². The van der Waals surface area contributed by atoms with Crippen molar-refractivity contribution in [3.05, 3.63) is 113 Å². The van der Waals surface area contributed by atoms with Gasteiger partial charge in [0.15, 0.2) is 16.7 Å². The first-order chi connectivity index (χ1) is 17.6. The highest BCUT2D eigenvalue weighted by atomic mass is 32.2. The Balaban J connectivity index is 1.69. The van der Waals surface area contributed by atoms with Gasteiger partial charge < -0.3 is 9.47 Å². The minimum atomic E-state index is -0.0613. The van der Waals surface area contributed by atoms with Gasteiger partial charge in [-0.1, -0.05) is 66.7 Å². The number of allylic oxidation sites excluding steroid dienone is 1. The van der Waals surface area contributed by atoms with E-state index in [1.807, 2.05) is 91.9 Å². The number of nitrogens with zero attached hydrogens (tertiary/aromatic N) is 2. The molecular weight excluding hydrogens is 468 g/mol. The van der Waals surface area contributed by atoms with Crippen molar-refractivity contribution in [3.63, 3.8) is 0 Å². The van der Waals surface area contributed by atoms with E-state index < -0.39 is 0 Å². The molecule has 1 amide bonds. The van der Waals surface area contributed by atoms with Gasteiger partial charge >= 0.3 is 0 Å². The van der Waals surface area contributed by atoms with Gasteiger partial charge in [0.1, 0.15) is 0 Å². The van der Waals surface area contributed by atoms with E-state index in [0.717, 1.165) is 22.3 Å². The quantitative estimate of drug-likeness (QED) is 0.237. The first-order valence-electron chi connectivity index (χ1n) is 11.9. The standard InChI is InChI=1S/C30H30N2O3S/c1-4-12-25-17-24(18-26(34-3)28(25)35-5-2)19-27-29(33)32(21-23-15-10-7-11-16-23)30(36-27)31-20-22-13-8-6-9-14-22/h4,6-11,13-19H,1,5,12,20-21H2,2-3H3/b27-19+,31-30?. The molecule has 0 aliphatic carbocycles. The first-order valence-corrected chi connectivity index (χ1v) is 12.7. The van der Waals surface area contributed by atoms with Crippen LogP contribution in [0.3, 0.4) is 0 Å². The van der Waals surface area contributed by atoms with Crippen molar-refractivity contribution in [1.82, 2.24) is 4.90 Å². The van der Waals surface area contributed by atoms with E-state index in [9.17, 15) is 4.79 Å². The predicted octanol–water partition coefficient (Wildman–Crippen LogP) is 6.50. The molecule has 1 fully saturated rings. The smallest absolute Gasteiger partial charge is 0.267 e. The van der Waals surface area contributed by atoms with Crippen molar-refractivity contribution in [1.29, 1.82) is 0 Å². The maximum absolute atomic E-state index is 13.6. The van der Waals surface area contributed by atoms with E-state index in [2.05, 4.69) is 6.58 Å². The number of amidine groups is 1. The van der Waals surface area contributed by atoms with Gasteiger partial charge in [0.2, 0.25) is 0 Å². The number of hydrogen-bond acceptors (Lipinski definition) is 5. The Morgan fingerprint density at radius 3 is 2.36 bits per heavy atom. The molecule has 0 spiro atoms. The number of amides is 1. The fourth-order valence-corrected chi connectivity index (χ4v) is 4.93. The second kappa shape index (κ2) is 12.3. The largest absolute Gasteiger partial charge is 0.493 e. The van der Waals surface area contributed by atoms with E-state index in [-0.39, 0.29) is 5.91 Å². The van der Waals surface area contributed by atoms with Crippen LogP contribution in [0.2, 0.25) is 0 Å². The van der Waals surface area contributed by atoms with Crippen LogP contribution < -0.4 is 9.47 Å². The van der Waals surface area contributed by atoms with Crippen LogP contribution in [-0.4, -0.2) is 29.7 Å². The van der Waals surface area contributed by atoms with Crippen LogP contribution >= 0.6 is 11.8 Å². The number of rotatable bonds is 10. The summed E-state index contributed by atoms with van der Waals surface area (Å²) in [7, 11) is 1.62. The molecule has 184 valence electrons. The number of aliphatic imine (C=N–C) groups is 1. The number of methoxy groups -OCH3 is 1. The second-order valence-corrected chi connectivity index (χ2v) is 9.22. The summed E-state index contributed by atoms with van der Waals surface area (Å²) in [6.45, 7) is 7.32. The Morgan fingerprint density at radius 1 is 1.03 bits per heavy atom. The molecule has 0 N–H and O–H groups in total. The van der Waals surface area contributed by atoms with Crippen molar-refractivity contribution in [2.75, 3.05) is 13.7 Å². The van der Waals surface area contributed by atoms with Crippen LogP contribution in [0.1, 0.15) is 29.2 Å². The summed E-state index contributed by atoms with van der Waals surface area (Å²) >= 11 is 1.40. The number of carbonyl (C=O) groups is 1. The Bertz CT molecular complexity index is 1270. The highest BCUT2D eigenvalue weighted by Gasteiger charge is 2.33. The molecule has 6 heteroatoms. The molecule has 3 aromatic rings. The molecule has 4 rings (SSSR count). The molecule has 1 aliphatic heterocycles. The van der Waals surface area contributed by atoms with Crippen molar-refractivity contribution in [2.45, 2.75) is 26.4 Å². The van der Waals surface area contributed by atoms with Crippen molar-refractivity contribution in [3.8, 4) is 11.5 Å². The Labute approximate surface area is 217 Å². The summed E-state index contributed by atoms with van der Waals surface area (Å²) in [5, 5.41) is 0.697. The molecule has 5 nitrogen and oxygen atoms in total. The molecule has 0 bridgehead atoms. The third-order valence-electron chi connectivity index (χ3n) is 5.64. The van der Waals surface area contributed by atoms with Gasteiger partial charge in [-0.3, -0.25) is 14.7 Å². The number of thioether (sulfide) groups is 1. The predicted molar refractivity (Wildman–Crippen MR) is 148 cm³/mol. The van der Waals surface area contributed by atoms with Crippen molar-refractivity contribution >= 4 is 28.9 Å². The Kier molecular flexibility index (Phi) is 8.63. The summed E-state index contributed by atoms with van der Waals surface area (Å²) in [6, 6.07) is 24.0. The molecule has 0 saturated carbocycles. The van der Waals surface area contributed by atoms with E-state index in [0.29, 0.717) is 47.7 Å². The second-order valence-electron chi connectivity index (χ2n) is 8.21. The average Bonchev–Trinajstić information content (AvgIpc) is 3.19. The van der Waals surface area contributed by atoms with Gasteiger partial charge in [-0.15, -0.1) is 6.58 Å². The van der Waals surface area contributed by atoms with Gasteiger partial charge in [-0.25, -0.2) is 0 Å². The van der Waals surface area contributed by atoms with Gasteiger partial charge in [0.05, 0.1) is 31.7 Å². The molecule has 1 aliphatic rings. The fourth-order valence-electron chi connectivity index (χ4n) is 3.96. The maximum atomic E-state index is 13.6. The SMILES string of the molecule is C=CCc1cc(/C=C2/SC(=NCc3ccccc3)N(Cc3ccccc3)C2=O)cc(OC)c1OCC. The normalized spacial score (nSPS) is 15.5. The monoisotopic (exact) mass is 498 g/mol. The minimum Gasteiger partial charge on any atom is -0.493 e. The Morgan fingerprint density at radius 2 is 1.72 bits per heavy atom. The lowest BCUT2D eigenvalue weighted by Crippen LogP contribution is -2.28. The molecule has 1 saturated heterocycles. The molecule has 0 radical (unpaired) electrons. The molecule has 1 heterocycles. The van der Waals surface area contributed by atoms with Crippen LogP contribution in [0.5, 0.6) is 11.5 Å². The molecule has 0 unspecified atom stereocenters. The van der Waals surface area contributed by atoms with Gasteiger partial charge in [-0.05, 0) is 60.0 Å². The third kappa shape index (κ3) is 6.07. The van der Waals surface area contributed by atoms with Crippen LogP contribution in [0.25, 0.3) is 6.08 Å². The number of hydrogen-bond donors (Lipinski definition) is 0. The zero-order valence-electron chi connectivity index (χ0n) is 20.6. The van der Waals surface area contributed by atoms with E-state index in [4.69, 9.17) is 14.5 Å². The van der Waals surface area contributed by atoms with Gasteiger partial charge in [0.25, 0.3) is 5.91 Å². The summed E-state index contributed by atoms with van der Waals surface area (Å²) in [4.78, 5) is 20.7. The lowest BCUT2D eigenvalue weighted by atomic mass is 10.0.